The molecule has 0 aliphatic carbocycles. The SMILES string of the molecule is Brc1csc(-c2noc([C@H]3C[C@H]4CC[C@H]3O4)n2)c1. The lowest BCUT2D eigenvalue weighted by Crippen LogP contribution is -2.14. The molecule has 0 radical (unpaired) electrons. The predicted octanol–water partition coefficient (Wildman–Crippen LogP) is 3.60. The molecule has 2 aliphatic rings. The minimum atomic E-state index is 0.290. The fourth-order valence-electron chi connectivity index (χ4n) is 2.81. The summed E-state index contributed by atoms with van der Waals surface area (Å²) in [7, 11) is 0. The third-order valence-corrected chi connectivity index (χ3v) is 5.34. The highest BCUT2D eigenvalue weighted by molar-refractivity contribution is 9.10. The summed E-state index contributed by atoms with van der Waals surface area (Å²) in [6, 6.07) is 2.01. The molecular formula is C12H11BrN2O2S. The highest BCUT2D eigenvalue weighted by Gasteiger charge is 2.44. The lowest BCUT2D eigenvalue weighted by molar-refractivity contribution is 0.0974. The fourth-order valence-corrected chi connectivity index (χ4v) is 4.17. The molecule has 2 bridgehead atoms. The van der Waals surface area contributed by atoms with E-state index in [-0.39, 0.29) is 0 Å². The first-order chi connectivity index (χ1) is 8.79. The van der Waals surface area contributed by atoms with E-state index in [2.05, 4.69) is 26.1 Å². The zero-order valence-electron chi connectivity index (χ0n) is 9.51. The Morgan fingerprint density at radius 1 is 1.39 bits per heavy atom. The number of fused-ring (bicyclic) bond motifs is 2. The minimum Gasteiger partial charge on any atom is -0.374 e. The van der Waals surface area contributed by atoms with Crippen molar-refractivity contribution in [2.24, 2.45) is 0 Å². The molecule has 0 spiro atoms. The Bertz CT molecular complexity index is 582. The number of aromatic nitrogens is 2. The zero-order chi connectivity index (χ0) is 12.1. The van der Waals surface area contributed by atoms with Gasteiger partial charge < -0.3 is 9.26 Å². The second-order valence-corrected chi connectivity index (χ2v) is 6.63. The van der Waals surface area contributed by atoms with Gasteiger partial charge in [0, 0.05) is 9.85 Å². The summed E-state index contributed by atoms with van der Waals surface area (Å²) in [5.74, 6) is 1.72. The van der Waals surface area contributed by atoms with Crippen molar-refractivity contribution < 1.29 is 9.26 Å². The Balaban J connectivity index is 1.62. The number of hydrogen-bond acceptors (Lipinski definition) is 5. The minimum absolute atomic E-state index is 0.290. The molecule has 2 saturated heterocycles. The van der Waals surface area contributed by atoms with Gasteiger partial charge in [-0.05, 0) is 41.3 Å². The van der Waals surface area contributed by atoms with Crippen LogP contribution in [0.2, 0.25) is 0 Å². The summed E-state index contributed by atoms with van der Waals surface area (Å²) < 4.78 is 12.3. The average Bonchev–Trinajstić information content (AvgIpc) is 3.12. The second kappa shape index (κ2) is 4.15. The van der Waals surface area contributed by atoms with Gasteiger partial charge in [-0.25, -0.2) is 0 Å². The van der Waals surface area contributed by atoms with Gasteiger partial charge in [-0.1, -0.05) is 5.16 Å². The van der Waals surface area contributed by atoms with E-state index in [1.165, 1.54) is 6.42 Å². The van der Waals surface area contributed by atoms with Gasteiger partial charge in [0.25, 0.3) is 0 Å². The van der Waals surface area contributed by atoms with Gasteiger partial charge in [-0.15, -0.1) is 11.3 Å². The van der Waals surface area contributed by atoms with Crippen molar-refractivity contribution in [2.75, 3.05) is 0 Å². The lowest BCUT2D eigenvalue weighted by atomic mass is 9.89. The first-order valence-corrected chi connectivity index (χ1v) is 7.70. The van der Waals surface area contributed by atoms with E-state index >= 15 is 0 Å². The zero-order valence-corrected chi connectivity index (χ0v) is 11.9. The fraction of sp³-hybridized carbons (Fsp3) is 0.500. The smallest absolute Gasteiger partial charge is 0.232 e. The summed E-state index contributed by atoms with van der Waals surface area (Å²) in [5, 5.41) is 6.10. The molecule has 0 unspecified atom stereocenters. The molecule has 4 nitrogen and oxygen atoms in total. The maximum atomic E-state index is 5.83. The molecule has 2 fully saturated rings. The van der Waals surface area contributed by atoms with Gasteiger partial charge in [0.2, 0.25) is 11.7 Å². The van der Waals surface area contributed by atoms with Crippen LogP contribution in [0.15, 0.2) is 20.4 Å². The Kier molecular flexibility index (Phi) is 2.56. The number of nitrogens with zero attached hydrogens (tertiary/aromatic N) is 2. The molecule has 0 amide bonds. The maximum Gasteiger partial charge on any atom is 0.232 e. The van der Waals surface area contributed by atoms with Crippen LogP contribution in [0.5, 0.6) is 0 Å². The number of thiophene rings is 1. The highest BCUT2D eigenvalue weighted by atomic mass is 79.9. The van der Waals surface area contributed by atoms with Crippen molar-refractivity contribution in [3.8, 4) is 10.7 Å². The Hall–Kier alpha value is -0.720. The summed E-state index contributed by atoms with van der Waals surface area (Å²) in [6.07, 6.45) is 4.03. The van der Waals surface area contributed by atoms with Gasteiger partial charge >= 0.3 is 0 Å². The van der Waals surface area contributed by atoms with Crippen molar-refractivity contribution in [3.63, 3.8) is 0 Å². The molecule has 18 heavy (non-hydrogen) atoms. The van der Waals surface area contributed by atoms with Crippen molar-refractivity contribution in [1.82, 2.24) is 10.1 Å². The third-order valence-electron chi connectivity index (χ3n) is 3.65. The number of rotatable bonds is 2. The van der Waals surface area contributed by atoms with Gasteiger partial charge in [0.15, 0.2) is 0 Å². The third kappa shape index (κ3) is 1.74. The van der Waals surface area contributed by atoms with E-state index in [4.69, 9.17) is 9.26 Å². The molecule has 4 rings (SSSR count). The number of hydrogen-bond donors (Lipinski definition) is 0. The van der Waals surface area contributed by atoms with Crippen LogP contribution in [0.4, 0.5) is 0 Å². The first-order valence-electron chi connectivity index (χ1n) is 6.03. The van der Waals surface area contributed by atoms with Crippen molar-refractivity contribution in [3.05, 3.63) is 21.8 Å². The van der Waals surface area contributed by atoms with Crippen molar-refractivity contribution in [2.45, 2.75) is 37.4 Å². The van der Waals surface area contributed by atoms with Crippen LogP contribution >= 0.6 is 27.3 Å². The van der Waals surface area contributed by atoms with Crippen molar-refractivity contribution >= 4 is 27.3 Å². The maximum absolute atomic E-state index is 5.83. The highest BCUT2D eigenvalue weighted by Crippen LogP contribution is 2.44. The Morgan fingerprint density at radius 2 is 2.33 bits per heavy atom. The normalized spacial score (nSPS) is 30.2. The number of halogens is 1. The summed E-state index contributed by atoms with van der Waals surface area (Å²) in [4.78, 5) is 5.56. The summed E-state index contributed by atoms with van der Waals surface area (Å²) in [5.41, 5.74) is 0. The number of ether oxygens (including phenoxy) is 1. The van der Waals surface area contributed by atoms with Crippen LogP contribution in [0.3, 0.4) is 0 Å². The molecule has 2 aromatic heterocycles. The monoisotopic (exact) mass is 326 g/mol. The van der Waals surface area contributed by atoms with Gasteiger partial charge in [-0.2, -0.15) is 4.98 Å². The topological polar surface area (TPSA) is 48.2 Å². The molecule has 3 atom stereocenters. The van der Waals surface area contributed by atoms with Crippen LogP contribution in [-0.4, -0.2) is 22.3 Å². The predicted molar refractivity (Wildman–Crippen MR) is 70.6 cm³/mol. The van der Waals surface area contributed by atoms with E-state index in [0.29, 0.717) is 24.0 Å². The van der Waals surface area contributed by atoms with E-state index in [9.17, 15) is 0 Å². The van der Waals surface area contributed by atoms with Gasteiger partial charge in [0.05, 0.1) is 23.0 Å². The molecule has 0 N–H and O–H groups in total. The molecule has 0 saturated carbocycles. The van der Waals surface area contributed by atoms with E-state index in [1.54, 1.807) is 11.3 Å². The standard InChI is InChI=1S/C12H11BrN2O2S/c13-6-3-10(18-5-6)11-14-12(17-15-11)8-4-7-1-2-9(8)16-7/h3,5,7-9H,1-2,4H2/t7-,8+,9-/m1/s1. The molecule has 6 heteroatoms. The van der Waals surface area contributed by atoms with Crippen LogP contribution in [0, 0.1) is 0 Å². The molecule has 94 valence electrons. The van der Waals surface area contributed by atoms with Crippen molar-refractivity contribution in [1.29, 1.82) is 0 Å². The Morgan fingerprint density at radius 3 is 3.00 bits per heavy atom. The quantitative estimate of drug-likeness (QED) is 0.846. The van der Waals surface area contributed by atoms with Crippen LogP contribution in [0.25, 0.3) is 10.7 Å². The Labute approximate surface area is 116 Å². The molecule has 0 aromatic carbocycles. The van der Waals surface area contributed by atoms with Crippen LogP contribution < -0.4 is 0 Å². The summed E-state index contributed by atoms with van der Waals surface area (Å²) in [6.45, 7) is 0. The van der Waals surface area contributed by atoms with E-state index in [1.807, 2.05) is 11.4 Å². The second-order valence-electron chi connectivity index (χ2n) is 4.80. The first kappa shape index (κ1) is 11.1. The van der Waals surface area contributed by atoms with E-state index in [0.717, 1.165) is 28.1 Å². The molecule has 4 heterocycles. The van der Waals surface area contributed by atoms with E-state index < -0.39 is 0 Å². The van der Waals surface area contributed by atoms with Gasteiger partial charge in [-0.3, -0.25) is 0 Å². The largest absolute Gasteiger partial charge is 0.374 e. The molecular weight excluding hydrogens is 316 g/mol. The molecule has 2 aliphatic heterocycles. The van der Waals surface area contributed by atoms with Crippen LogP contribution in [0.1, 0.15) is 31.1 Å². The molecule has 2 aromatic rings. The average molecular weight is 327 g/mol. The van der Waals surface area contributed by atoms with Gasteiger partial charge in [0.1, 0.15) is 0 Å². The summed E-state index contributed by atoms with van der Waals surface area (Å²) >= 11 is 5.04. The van der Waals surface area contributed by atoms with Crippen LogP contribution in [-0.2, 0) is 4.74 Å². The lowest BCUT2D eigenvalue weighted by Gasteiger charge is -2.13.